The largest absolute Gasteiger partial charge is 0.464 e. The van der Waals surface area contributed by atoms with Gasteiger partial charge in [0.25, 0.3) is 0 Å². The van der Waals surface area contributed by atoms with Crippen LogP contribution in [0.25, 0.3) is 0 Å². The van der Waals surface area contributed by atoms with Gasteiger partial charge in [-0.15, -0.1) is 0 Å². The Morgan fingerprint density at radius 2 is 1.07 bits per heavy atom. The number of nitrogens with one attached hydrogen (secondary N) is 2. The maximum absolute atomic E-state index is 12.2. The van der Waals surface area contributed by atoms with Gasteiger partial charge in [-0.1, -0.05) is 40.5 Å². The highest BCUT2D eigenvalue weighted by atomic mass is 16.6. The van der Waals surface area contributed by atoms with Crippen LogP contribution in [0.15, 0.2) is 0 Å². The first-order chi connectivity index (χ1) is 19.1. The summed E-state index contributed by atoms with van der Waals surface area (Å²) in [5.41, 5.74) is 0. The van der Waals surface area contributed by atoms with Gasteiger partial charge in [0.2, 0.25) is 0 Å². The Morgan fingerprint density at radius 3 is 1.43 bits per heavy atom. The molecule has 0 saturated heterocycles. The summed E-state index contributed by atoms with van der Waals surface area (Å²) in [6, 6.07) is 0. The summed E-state index contributed by atoms with van der Waals surface area (Å²) in [6.07, 6.45) is 4.08. The third-order valence-electron chi connectivity index (χ3n) is 6.08. The first kappa shape index (κ1) is 37.4. The molecule has 0 rings (SSSR count). The molecular formula is C28H54N4O8. The zero-order valence-corrected chi connectivity index (χ0v) is 25.6. The number of amides is 2. The molecule has 0 aliphatic heterocycles. The molecule has 0 spiro atoms. The van der Waals surface area contributed by atoms with E-state index in [4.69, 9.17) is 18.9 Å². The molecule has 0 aromatic heterocycles. The van der Waals surface area contributed by atoms with Crippen molar-refractivity contribution < 1.29 is 38.1 Å². The minimum absolute atomic E-state index is 0.0574. The minimum atomic E-state index is -0.508. The molecular weight excluding hydrogens is 520 g/mol. The van der Waals surface area contributed by atoms with E-state index in [2.05, 4.69) is 10.6 Å². The van der Waals surface area contributed by atoms with Crippen LogP contribution in [0.5, 0.6) is 0 Å². The van der Waals surface area contributed by atoms with Gasteiger partial charge in [0.15, 0.2) is 0 Å². The molecule has 2 unspecified atom stereocenters. The Hall–Kier alpha value is -2.60. The number of rotatable bonds is 23. The summed E-state index contributed by atoms with van der Waals surface area (Å²) in [7, 11) is 3.90. The quantitative estimate of drug-likeness (QED) is 0.106. The average molecular weight is 575 g/mol. The first-order valence-corrected chi connectivity index (χ1v) is 14.7. The lowest BCUT2D eigenvalue weighted by atomic mass is 10.2. The Kier molecular flexibility index (Phi) is 22.6. The lowest BCUT2D eigenvalue weighted by molar-refractivity contribution is -0.144. The zero-order valence-electron chi connectivity index (χ0n) is 25.6. The smallest absolute Gasteiger partial charge is 0.407 e. The predicted molar refractivity (Wildman–Crippen MR) is 153 cm³/mol. The van der Waals surface area contributed by atoms with Crippen LogP contribution in [0, 0.1) is 0 Å². The van der Waals surface area contributed by atoms with E-state index >= 15 is 0 Å². The topological polar surface area (TPSA) is 136 Å². The van der Waals surface area contributed by atoms with Crippen LogP contribution in [0.4, 0.5) is 9.59 Å². The van der Waals surface area contributed by atoms with Crippen LogP contribution in [0.1, 0.15) is 79.1 Å². The van der Waals surface area contributed by atoms with E-state index in [9.17, 15) is 19.2 Å². The summed E-state index contributed by atoms with van der Waals surface area (Å²) in [5.74, 6) is -0.764. The number of ether oxygens (including phenoxy) is 4. The molecule has 0 bridgehead atoms. The van der Waals surface area contributed by atoms with Crippen molar-refractivity contribution in [2.75, 3.05) is 66.6 Å². The van der Waals surface area contributed by atoms with E-state index in [-0.39, 0.29) is 63.3 Å². The van der Waals surface area contributed by atoms with E-state index in [0.29, 0.717) is 19.6 Å². The average Bonchev–Trinajstić information content (AvgIpc) is 2.92. The summed E-state index contributed by atoms with van der Waals surface area (Å²) < 4.78 is 21.1. The second kappa shape index (κ2) is 24.2. The highest BCUT2D eigenvalue weighted by Gasteiger charge is 2.15. The molecule has 12 heteroatoms. The van der Waals surface area contributed by atoms with Crippen molar-refractivity contribution in [1.29, 1.82) is 0 Å². The van der Waals surface area contributed by atoms with Crippen molar-refractivity contribution >= 4 is 24.1 Å². The van der Waals surface area contributed by atoms with Crippen LogP contribution in [-0.2, 0) is 28.5 Å². The normalized spacial score (nSPS) is 12.5. The summed E-state index contributed by atoms with van der Waals surface area (Å²) >= 11 is 0. The van der Waals surface area contributed by atoms with Gasteiger partial charge in [-0.3, -0.25) is 9.59 Å². The van der Waals surface area contributed by atoms with Crippen molar-refractivity contribution in [2.45, 2.75) is 91.3 Å². The predicted octanol–water partition coefficient (Wildman–Crippen LogP) is 3.33. The highest BCUT2D eigenvalue weighted by molar-refractivity contribution is 5.70. The van der Waals surface area contributed by atoms with E-state index in [1.807, 2.05) is 51.6 Å². The van der Waals surface area contributed by atoms with Crippen molar-refractivity contribution in [3.05, 3.63) is 0 Å². The molecule has 2 N–H and O–H groups in total. The Morgan fingerprint density at radius 1 is 0.650 bits per heavy atom. The Labute approximate surface area is 240 Å². The molecule has 0 fully saturated rings. The maximum Gasteiger partial charge on any atom is 0.407 e. The van der Waals surface area contributed by atoms with Gasteiger partial charge in [-0.2, -0.15) is 0 Å². The number of alkyl carbamates (subject to hydrolysis) is 2. The van der Waals surface area contributed by atoms with E-state index in [1.165, 1.54) is 0 Å². The minimum Gasteiger partial charge on any atom is -0.464 e. The summed E-state index contributed by atoms with van der Waals surface area (Å²) in [4.78, 5) is 52.1. The Balaban J connectivity index is 4.27. The molecule has 0 radical (unpaired) electrons. The van der Waals surface area contributed by atoms with Crippen LogP contribution in [0.2, 0.25) is 0 Å². The monoisotopic (exact) mass is 574 g/mol. The van der Waals surface area contributed by atoms with Gasteiger partial charge in [-0.25, -0.2) is 9.59 Å². The van der Waals surface area contributed by atoms with Crippen molar-refractivity contribution in [1.82, 2.24) is 20.4 Å². The zero-order chi connectivity index (χ0) is 30.2. The number of carbonyl (C=O) groups is 4. The fourth-order valence-electron chi connectivity index (χ4n) is 3.68. The standard InChI is InChI=1S/C28H54N4O8/c1-7-11-23(9-3)39-27(35)29-15-21-37-25(33)13-17-32(20-19-31(5)6)18-14-26(34)38-22-16-30-28(36)40-24(10-4)12-8-2/h23-24H,7-22H2,1-6H3,(H,29,35)(H,30,36). The number of nitrogens with zero attached hydrogens (tertiary/aromatic N) is 2. The molecule has 0 heterocycles. The number of carbonyl (C=O) groups excluding carboxylic acids is 4. The van der Waals surface area contributed by atoms with Crippen LogP contribution < -0.4 is 10.6 Å². The lowest BCUT2D eigenvalue weighted by Crippen LogP contribution is -2.36. The van der Waals surface area contributed by atoms with Gasteiger partial charge < -0.3 is 39.4 Å². The third-order valence-corrected chi connectivity index (χ3v) is 6.08. The fraction of sp³-hybridized carbons (Fsp3) is 0.857. The SMILES string of the molecule is CCCC(CC)OC(=O)NCCOC(=O)CCN(CCC(=O)OCCNC(=O)OC(CC)CCC)CCN(C)C. The van der Waals surface area contributed by atoms with Gasteiger partial charge in [-0.05, 0) is 39.8 Å². The van der Waals surface area contributed by atoms with Crippen LogP contribution in [0.3, 0.4) is 0 Å². The fourth-order valence-corrected chi connectivity index (χ4v) is 3.68. The second-order valence-electron chi connectivity index (χ2n) is 9.89. The van der Waals surface area contributed by atoms with Crippen molar-refractivity contribution in [3.63, 3.8) is 0 Å². The lowest BCUT2D eigenvalue weighted by Gasteiger charge is -2.23. The van der Waals surface area contributed by atoms with Gasteiger partial charge in [0.05, 0.1) is 25.9 Å². The van der Waals surface area contributed by atoms with Crippen LogP contribution >= 0.6 is 0 Å². The Bertz CT molecular complexity index is 656. The molecule has 0 aromatic carbocycles. The number of esters is 2. The van der Waals surface area contributed by atoms with E-state index < -0.39 is 12.2 Å². The molecule has 0 aliphatic rings. The molecule has 2 atom stereocenters. The third kappa shape index (κ3) is 21.2. The summed E-state index contributed by atoms with van der Waals surface area (Å²) in [5, 5.41) is 5.20. The number of likely N-dealkylation sites (N-methyl/N-ethyl adjacent to an activating group) is 1. The highest BCUT2D eigenvalue weighted by Crippen LogP contribution is 2.07. The van der Waals surface area contributed by atoms with E-state index in [1.54, 1.807) is 0 Å². The first-order valence-electron chi connectivity index (χ1n) is 14.7. The second-order valence-corrected chi connectivity index (χ2v) is 9.89. The maximum atomic E-state index is 12.2. The molecule has 234 valence electrons. The molecule has 40 heavy (non-hydrogen) atoms. The molecule has 12 nitrogen and oxygen atoms in total. The molecule has 0 saturated carbocycles. The molecule has 2 amide bonds. The van der Waals surface area contributed by atoms with Gasteiger partial charge in [0, 0.05) is 26.2 Å². The van der Waals surface area contributed by atoms with Crippen molar-refractivity contribution in [2.24, 2.45) is 0 Å². The molecule has 0 aromatic rings. The number of hydrogen-bond donors (Lipinski definition) is 2. The summed E-state index contributed by atoms with van der Waals surface area (Å²) in [6.45, 7) is 10.7. The van der Waals surface area contributed by atoms with Crippen LogP contribution in [-0.4, -0.2) is 113 Å². The van der Waals surface area contributed by atoms with Gasteiger partial charge >= 0.3 is 24.1 Å². The van der Waals surface area contributed by atoms with Crippen molar-refractivity contribution in [3.8, 4) is 0 Å². The van der Waals surface area contributed by atoms with Gasteiger partial charge in [0.1, 0.15) is 25.4 Å². The van der Waals surface area contributed by atoms with E-state index in [0.717, 1.165) is 45.1 Å². The molecule has 0 aliphatic carbocycles. The number of hydrogen-bond acceptors (Lipinski definition) is 10.